The summed E-state index contributed by atoms with van der Waals surface area (Å²) in [7, 11) is 0. The highest BCUT2D eigenvalue weighted by molar-refractivity contribution is 6.34. The number of hydrogen-bond donors (Lipinski definition) is 2. The van der Waals surface area contributed by atoms with Gasteiger partial charge in [-0.1, -0.05) is 64.8 Å². The van der Waals surface area contributed by atoms with Crippen molar-refractivity contribution in [3.63, 3.8) is 0 Å². The Morgan fingerprint density at radius 2 is 1.64 bits per heavy atom. The number of benzene rings is 3. The third kappa shape index (κ3) is 6.34. The molecular weight excluding hydrogens is 461 g/mol. The average molecular weight is 482 g/mol. The number of amides is 3. The monoisotopic (exact) mass is 481 g/mol. The lowest BCUT2D eigenvalue weighted by Gasteiger charge is -2.09. The predicted molar refractivity (Wildman–Crippen MR) is 130 cm³/mol. The summed E-state index contributed by atoms with van der Waals surface area (Å²) in [5, 5.41) is 10.2. The van der Waals surface area contributed by atoms with Crippen molar-refractivity contribution >= 4 is 46.5 Å². The first-order valence-electron chi connectivity index (χ1n) is 10.4. The predicted octanol–water partition coefficient (Wildman–Crippen LogP) is 6.29. The van der Waals surface area contributed by atoms with Crippen LogP contribution in [0.4, 0.5) is 10.5 Å². The molecule has 0 radical (unpaired) electrons. The number of hydrogen-bond acceptors (Lipinski definition) is 4. The van der Waals surface area contributed by atoms with Crippen molar-refractivity contribution in [3.8, 4) is 0 Å². The summed E-state index contributed by atoms with van der Waals surface area (Å²) in [4.78, 5) is 29.9. The highest BCUT2D eigenvalue weighted by atomic mass is 35.5. The number of carbonyl (C=O) groups excluding carboxylic acids is 2. The summed E-state index contributed by atoms with van der Waals surface area (Å²) < 4.78 is 0. The van der Waals surface area contributed by atoms with Gasteiger partial charge in [0.25, 0.3) is 5.91 Å². The number of nitrogens with one attached hydrogen (secondary N) is 2. The first kappa shape index (κ1) is 22.8. The van der Waals surface area contributed by atoms with Crippen LogP contribution in [0.25, 0.3) is 0 Å². The summed E-state index contributed by atoms with van der Waals surface area (Å²) in [5.41, 5.74) is 3.60. The fourth-order valence-electron chi connectivity index (χ4n) is 3.18. The molecule has 1 fully saturated rings. The second-order valence-electron chi connectivity index (χ2n) is 7.62. The van der Waals surface area contributed by atoms with Crippen molar-refractivity contribution in [2.24, 2.45) is 11.1 Å². The quantitative estimate of drug-likeness (QED) is 0.307. The molecule has 0 heterocycles. The van der Waals surface area contributed by atoms with E-state index < -0.39 is 11.9 Å². The molecule has 2 N–H and O–H groups in total. The number of rotatable bonds is 7. The summed E-state index contributed by atoms with van der Waals surface area (Å²) in [6, 6.07) is 20.5. The Kier molecular flexibility index (Phi) is 7.27. The summed E-state index contributed by atoms with van der Waals surface area (Å²) in [5.74, 6) is -0.155. The SMILES string of the molecule is O=C(NC(=O)c1ccccc1Cl)Nc1ccc(CON=C(c2ccc(Cl)cc2)C2CC2)cc1. The van der Waals surface area contributed by atoms with Gasteiger partial charge in [0, 0.05) is 16.6 Å². The molecule has 33 heavy (non-hydrogen) atoms. The fraction of sp³-hybridized carbons (Fsp3) is 0.160. The molecule has 1 aliphatic rings. The molecule has 8 heteroatoms. The topological polar surface area (TPSA) is 79.8 Å². The highest BCUT2D eigenvalue weighted by Crippen LogP contribution is 2.33. The molecule has 0 atom stereocenters. The van der Waals surface area contributed by atoms with Crippen molar-refractivity contribution in [2.45, 2.75) is 19.4 Å². The molecule has 4 rings (SSSR count). The van der Waals surface area contributed by atoms with Crippen LogP contribution in [0.15, 0.2) is 78.0 Å². The molecule has 1 saturated carbocycles. The van der Waals surface area contributed by atoms with Crippen LogP contribution >= 0.6 is 23.2 Å². The first-order chi connectivity index (χ1) is 16.0. The van der Waals surface area contributed by atoms with Crippen LogP contribution in [-0.2, 0) is 11.4 Å². The summed E-state index contributed by atoms with van der Waals surface area (Å²) in [6.07, 6.45) is 2.21. The minimum absolute atomic E-state index is 0.228. The molecule has 6 nitrogen and oxygen atoms in total. The Morgan fingerprint density at radius 1 is 0.939 bits per heavy atom. The number of nitrogens with zero attached hydrogens (tertiary/aromatic N) is 1. The van der Waals surface area contributed by atoms with Crippen molar-refractivity contribution in [1.29, 1.82) is 0 Å². The van der Waals surface area contributed by atoms with Crippen LogP contribution in [0.5, 0.6) is 0 Å². The van der Waals surface area contributed by atoms with E-state index in [-0.39, 0.29) is 10.6 Å². The van der Waals surface area contributed by atoms with Gasteiger partial charge in [-0.2, -0.15) is 0 Å². The molecule has 0 aliphatic heterocycles. The zero-order valence-electron chi connectivity index (χ0n) is 17.6. The Morgan fingerprint density at radius 3 is 2.30 bits per heavy atom. The molecule has 0 spiro atoms. The molecule has 3 aromatic carbocycles. The number of halogens is 2. The molecule has 0 saturated heterocycles. The van der Waals surface area contributed by atoms with Crippen molar-refractivity contribution < 1.29 is 14.4 Å². The Balaban J connectivity index is 1.30. The summed E-state index contributed by atoms with van der Waals surface area (Å²) >= 11 is 12.0. The zero-order valence-corrected chi connectivity index (χ0v) is 19.1. The molecular formula is C25H21Cl2N3O3. The van der Waals surface area contributed by atoms with E-state index in [9.17, 15) is 9.59 Å². The number of carbonyl (C=O) groups is 2. The number of anilines is 1. The molecule has 3 amide bonds. The van der Waals surface area contributed by atoms with E-state index in [0.717, 1.165) is 29.7 Å². The zero-order chi connectivity index (χ0) is 23.2. The number of urea groups is 1. The van der Waals surface area contributed by atoms with Gasteiger partial charge in [0.15, 0.2) is 0 Å². The van der Waals surface area contributed by atoms with Gasteiger partial charge in [0.2, 0.25) is 0 Å². The third-order valence-corrected chi connectivity index (χ3v) is 5.64. The second kappa shape index (κ2) is 10.5. The Hall–Kier alpha value is -3.35. The van der Waals surface area contributed by atoms with Crippen molar-refractivity contribution in [2.75, 3.05) is 5.32 Å². The lowest BCUT2D eigenvalue weighted by Crippen LogP contribution is -2.34. The van der Waals surface area contributed by atoms with Gasteiger partial charge in [-0.3, -0.25) is 10.1 Å². The fourth-order valence-corrected chi connectivity index (χ4v) is 3.53. The van der Waals surface area contributed by atoms with E-state index >= 15 is 0 Å². The van der Waals surface area contributed by atoms with E-state index in [1.807, 2.05) is 36.4 Å². The maximum atomic E-state index is 12.2. The standard InChI is InChI=1S/C25H21Cl2N3O3/c26-19-11-9-18(10-12-19)23(17-7-8-17)30-33-15-16-5-13-20(14-6-16)28-25(32)29-24(31)21-3-1-2-4-22(21)27/h1-6,9-14,17H,7-8,15H2,(H2,28,29,31,32). The highest BCUT2D eigenvalue weighted by Gasteiger charge is 2.29. The molecule has 0 unspecified atom stereocenters. The van der Waals surface area contributed by atoms with Gasteiger partial charge in [-0.25, -0.2) is 4.79 Å². The molecule has 0 aromatic heterocycles. The maximum Gasteiger partial charge on any atom is 0.326 e. The largest absolute Gasteiger partial charge is 0.391 e. The van der Waals surface area contributed by atoms with Crippen LogP contribution in [0.2, 0.25) is 10.0 Å². The lowest BCUT2D eigenvalue weighted by molar-refractivity contribution is 0.0967. The van der Waals surface area contributed by atoms with Gasteiger partial charge in [0.1, 0.15) is 6.61 Å². The van der Waals surface area contributed by atoms with Gasteiger partial charge >= 0.3 is 6.03 Å². The molecule has 1 aliphatic carbocycles. The Labute approximate surface area is 201 Å². The van der Waals surface area contributed by atoms with E-state index in [1.54, 1.807) is 36.4 Å². The summed E-state index contributed by atoms with van der Waals surface area (Å²) in [6.45, 7) is 0.293. The smallest absolute Gasteiger partial charge is 0.326 e. The number of imide groups is 1. The molecule has 3 aromatic rings. The van der Waals surface area contributed by atoms with Gasteiger partial charge in [-0.05, 0) is 60.4 Å². The maximum absolute atomic E-state index is 12.2. The normalized spacial score (nSPS) is 13.3. The van der Waals surface area contributed by atoms with Crippen LogP contribution < -0.4 is 10.6 Å². The third-order valence-electron chi connectivity index (χ3n) is 5.06. The first-order valence-corrected chi connectivity index (χ1v) is 11.2. The van der Waals surface area contributed by atoms with Crippen molar-refractivity contribution in [3.05, 3.63) is 99.5 Å². The molecule has 168 valence electrons. The average Bonchev–Trinajstić information content (AvgIpc) is 3.64. The van der Waals surface area contributed by atoms with Crippen LogP contribution in [0, 0.1) is 5.92 Å². The van der Waals surface area contributed by atoms with E-state index in [1.165, 1.54) is 0 Å². The second-order valence-corrected chi connectivity index (χ2v) is 8.46. The minimum atomic E-state index is -0.648. The van der Waals surface area contributed by atoms with Crippen LogP contribution in [0.3, 0.4) is 0 Å². The van der Waals surface area contributed by atoms with Crippen molar-refractivity contribution in [1.82, 2.24) is 5.32 Å². The minimum Gasteiger partial charge on any atom is -0.391 e. The Bertz CT molecular complexity index is 1170. The van der Waals surface area contributed by atoms with Gasteiger partial charge in [-0.15, -0.1) is 0 Å². The van der Waals surface area contributed by atoms with Crippen LogP contribution in [-0.4, -0.2) is 17.6 Å². The van der Waals surface area contributed by atoms with E-state index in [2.05, 4.69) is 15.8 Å². The van der Waals surface area contributed by atoms with Gasteiger partial charge in [0.05, 0.1) is 16.3 Å². The lowest BCUT2D eigenvalue weighted by atomic mass is 10.1. The number of oxime groups is 1. The van der Waals surface area contributed by atoms with E-state index in [0.29, 0.717) is 23.2 Å². The molecule has 0 bridgehead atoms. The van der Waals surface area contributed by atoms with Gasteiger partial charge < -0.3 is 10.2 Å². The van der Waals surface area contributed by atoms with E-state index in [4.69, 9.17) is 28.0 Å². The van der Waals surface area contributed by atoms with Crippen LogP contribution in [0.1, 0.15) is 34.3 Å².